The molecule has 0 heterocycles. The number of ether oxygens (including phenoxy) is 1. The lowest BCUT2D eigenvalue weighted by atomic mass is 10.1. The lowest BCUT2D eigenvalue weighted by Crippen LogP contribution is -2.30. The molecule has 0 saturated heterocycles. The average Bonchev–Trinajstić information content (AvgIpc) is 3.51. The van der Waals surface area contributed by atoms with Gasteiger partial charge in [-0.3, -0.25) is 9.59 Å². The van der Waals surface area contributed by atoms with Crippen molar-refractivity contribution in [2.45, 2.75) is 18.9 Å². The third-order valence-electron chi connectivity index (χ3n) is 4.50. The van der Waals surface area contributed by atoms with Crippen LogP contribution < -0.4 is 15.4 Å². The number of halogens is 1. The Morgan fingerprint density at radius 2 is 1.68 bits per heavy atom. The van der Waals surface area contributed by atoms with E-state index in [2.05, 4.69) is 10.6 Å². The minimum atomic E-state index is -0.394. The van der Waals surface area contributed by atoms with Crippen LogP contribution in [0, 0.1) is 5.82 Å². The zero-order valence-corrected chi connectivity index (χ0v) is 15.1. The van der Waals surface area contributed by atoms with E-state index in [1.807, 2.05) is 24.3 Å². The summed E-state index contributed by atoms with van der Waals surface area (Å²) in [6, 6.07) is 16.8. The quantitative estimate of drug-likeness (QED) is 0.684. The molecule has 0 aliphatic heterocycles. The Hall–Kier alpha value is -3.41. The van der Waals surface area contributed by atoms with Crippen LogP contribution in [0.4, 0.5) is 10.1 Å². The Balaban J connectivity index is 1.59. The molecule has 142 valence electrons. The van der Waals surface area contributed by atoms with E-state index in [4.69, 9.17) is 4.74 Å². The normalized spacial score (nSPS) is 13.2. The van der Waals surface area contributed by atoms with Gasteiger partial charge in [-0.1, -0.05) is 24.3 Å². The highest BCUT2D eigenvalue weighted by Crippen LogP contribution is 2.27. The van der Waals surface area contributed by atoms with Crippen molar-refractivity contribution in [3.8, 4) is 5.75 Å². The van der Waals surface area contributed by atoms with Crippen molar-refractivity contribution in [3.63, 3.8) is 0 Å². The van der Waals surface area contributed by atoms with Crippen molar-refractivity contribution in [2.24, 2.45) is 0 Å². The molecule has 5 nitrogen and oxygen atoms in total. The third-order valence-corrected chi connectivity index (χ3v) is 4.50. The van der Waals surface area contributed by atoms with E-state index in [9.17, 15) is 14.0 Å². The second-order valence-electron chi connectivity index (χ2n) is 6.79. The zero-order valence-electron chi connectivity index (χ0n) is 15.1. The highest BCUT2D eigenvalue weighted by atomic mass is 19.1. The first-order valence-corrected chi connectivity index (χ1v) is 9.10. The van der Waals surface area contributed by atoms with Crippen LogP contribution in [-0.4, -0.2) is 24.5 Å². The minimum Gasteiger partial charge on any atom is -0.483 e. The Bertz CT molecular complexity index is 1030. The molecule has 28 heavy (non-hydrogen) atoms. The molecule has 0 bridgehead atoms. The lowest BCUT2D eigenvalue weighted by molar-refractivity contribution is -0.123. The van der Waals surface area contributed by atoms with Gasteiger partial charge in [0, 0.05) is 11.7 Å². The second kappa shape index (κ2) is 7.68. The average molecular weight is 378 g/mol. The van der Waals surface area contributed by atoms with Crippen LogP contribution in [0.1, 0.15) is 23.2 Å². The summed E-state index contributed by atoms with van der Waals surface area (Å²) < 4.78 is 18.8. The van der Waals surface area contributed by atoms with Gasteiger partial charge in [0.2, 0.25) is 0 Å². The predicted molar refractivity (Wildman–Crippen MR) is 105 cm³/mol. The fourth-order valence-corrected chi connectivity index (χ4v) is 2.89. The number of rotatable bonds is 6. The summed E-state index contributed by atoms with van der Waals surface area (Å²) in [6.07, 6.45) is 1.99. The van der Waals surface area contributed by atoms with Crippen LogP contribution in [0.25, 0.3) is 10.8 Å². The standard InChI is InChI=1S/C22H19FN2O3/c23-16-5-7-18(8-6-16)25-22(27)19-11-14-3-1-2-4-15(14)12-20(19)28-13-21(26)24-17-9-10-17/h1-8,11-12,17H,9-10,13H2,(H,24,26)(H,25,27). The molecule has 4 rings (SSSR count). The number of anilines is 1. The second-order valence-corrected chi connectivity index (χ2v) is 6.79. The maximum Gasteiger partial charge on any atom is 0.259 e. The fraction of sp³-hybridized carbons (Fsp3) is 0.182. The van der Waals surface area contributed by atoms with Gasteiger partial charge in [-0.25, -0.2) is 4.39 Å². The Morgan fingerprint density at radius 1 is 1.00 bits per heavy atom. The number of carbonyl (C=O) groups is 2. The van der Waals surface area contributed by atoms with Gasteiger partial charge in [0.1, 0.15) is 11.6 Å². The molecular formula is C22H19FN2O3. The summed E-state index contributed by atoms with van der Waals surface area (Å²) in [4.78, 5) is 24.8. The van der Waals surface area contributed by atoms with Gasteiger partial charge in [-0.2, -0.15) is 0 Å². The Morgan fingerprint density at radius 3 is 2.36 bits per heavy atom. The molecule has 0 unspecified atom stereocenters. The van der Waals surface area contributed by atoms with Crippen molar-refractivity contribution in [1.82, 2.24) is 5.32 Å². The zero-order chi connectivity index (χ0) is 19.5. The molecule has 1 saturated carbocycles. The highest BCUT2D eigenvalue weighted by molar-refractivity contribution is 6.08. The maximum absolute atomic E-state index is 13.1. The van der Waals surface area contributed by atoms with E-state index < -0.39 is 5.91 Å². The van der Waals surface area contributed by atoms with Gasteiger partial charge in [0.25, 0.3) is 11.8 Å². The van der Waals surface area contributed by atoms with Gasteiger partial charge < -0.3 is 15.4 Å². The molecule has 1 fully saturated rings. The lowest BCUT2D eigenvalue weighted by Gasteiger charge is -2.13. The van der Waals surface area contributed by atoms with Crippen LogP contribution in [-0.2, 0) is 4.79 Å². The van der Waals surface area contributed by atoms with Gasteiger partial charge in [-0.15, -0.1) is 0 Å². The number of hydrogen-bond acceptors (Lipinski definition) is 3. The molecule has 0 atom stereocenters. The first kappa shape index (κ1) is 18.0. The minimum absolute atomic E-state index is 0.161. The molecule has 0 radical (unpaired) electrons. The topological polar surface area (TPSA) is 67.4 Å². The van der Waals surface area contributed by atoms with E-state index in [0.717, 1.165) is 23.6 Å². The number of fused-ring (bicyclic) bond motifs is 1. The SMILES string of the molecule is O=C(COc1cc2ccccc2cc1C(=O)Nc1ccc(F)cc1)NC1CC1. The molecule has 1 aliphatic rings. The molecule has 3 aromatic rings. The maximum atomic E-state index is 13.1. The van der Waals surface area contributed by atoms with Crippen LogP contribution in [0.2, 0.25) is 0 Å². The van der Waals surface area contributed by atoms with Crippen LogP contribution in [0.3, 0.4) is 0 Å². The third kappa shape index (κ3) is 4.28. The van der Waals surface area contributed by atoms with Crippen molar-refractivity contribution >= 4 is 28.3 Å². The number of nitrogens with one attached hydrogen (secondary N) is 2. The predicted octanol–water partition coefficient (Wildman–Crippen LogP) is 3.89. The van der Waals surface area contributed by atoms with Crippen molar-refractivity contribution < 1.29 is 18.7 Å². The van der Waals surface area contributed by atoms with Crippen molar-refractivity contribution in [1.29, 1.82) is 0 Å². The first-order chi connectivity index (χ1) is 13.6. The molecule has 0 spiro atoms. The number of carbonyl (C=O) groups excluding carboxylic acids is 2. The summed E-state index contributed by atoms with van der Waals surface area (Å²) in [5, 5.41) is 7.37. The van der Waals surface area contributed by atoms with Crippen molar-refractivity contribution in [2.75, 3.05) is 11.9 Å². The Kier molecular flexibility index (Phi) is 4.93. The molecule has 2 N–H and O–H groups in total. The first-order valence-electron chi connectivity index (χ1n) is 9.10. The van der Waals surface area contributed by atoms with Gasteiger partial charge in [0.15, 0.2) is 6.61 Å². The number of benzene rings is 3. The van der Waals surface area contributed by atoms with Crippen LogP contribution >= 0.6 is 0 Å². The van der Waals surface area contributed by atoms with Gasteiger partial charge in [-0.05, 0) is 60.0 Å². The smallest absolute Gasteiger partial charge is 0.259 e. The van der Waals surface area contributed by atoms with Gasteiger partial charge >= 0.3 is 0 Å². The summed E-state index contributed by atoms with van der Waals surface area (Å²) in [7, 11) is 0. The Labute approximate surface area is 161 Å². The highest BCUT2D eigenvalue weighted by Gasteiger charge is 2.23. The summed E-state index contributed by atoms with van der Waals surface area (Å²) in [5.74, 6) is -0.658. The number of hydrogen-bond donors (Lipinski definition) is 2. The summed E-state index contributed by atoms with van der Waals surface area (Å²) >= 11 is 0. The fourth-order valence-electron chi connectivity index (χ4n) is 2.89. The van der Waals surface area contributed by atoms with E-state index >= 15 is 0 Å². The van der Waals surface area contributed by atoms with E-state index in [-0.39, 0.29) is 24.4 Å². The summed E-state index contributed by atoms with van der Waals surface area (Å²) in [6.45, 7) is -0.161. The van der Waals surface area contributed by atoms with Crippen LogP contribution in [0.15, 0.2) is 60.7 Å². The molecular weight excluding hydrogens is 359 g/mol. The summed E-state index contributed by atoms with van der Waals surface area (Å²) in [5.41, 5.74) is 0.777. The van der Waals surface area contributed by atoms with E-state index in [1.165, 1.54) is 24.3 Å². The molecule has 3 aromatic carbocycles. The molecule has 6 heteroatoms. The van der Waals surface area contributed by atoms with Gasteiger partial charge in [0.05, 0.1) is 5.56 Å². The van der Waals surface area contributed by atoms with Crippen molar-refractivity contribution in [3.05, 3.63) is 72.0 Å². The van der Waals surface area contributed by atoms with E-state index in [0.29, 0.717) is 17.0 Å². The molecule has 1 aliphatic carbocycles. The molecule has 2 amide bonds. The molecule has 0 aromatic heterocycles. The van der Waals surface area contributed by atoms with E-state index in [1.54, 1.807) is 12.1 Å². The van der Waals surface area contributed by atoms with Crippen LogP contribution in [0.5, 0.6) is 5.75 Å². The monoisotopic (exact) mass is 378 g/mol. The number of amides is 2. The largest absolute Gasteiger partial charge is 0.483 e.